The van der Waals surface area contributed by atoms with Crippen molar-refractivity contribution >= 4 is 0 Å². The quantitative estimate of drug-likeness (QED) is 0.795. The summed E-state index contributed by atoms with van der Waals surface area (Å²) in [7, 11) is 1.76. The molecule has 0 spiro atoms. The highest BCUT2D eigenvalue weighted by atomic mass is 16.5. The van der Waals surface area contributed by atoms with Crippen LogP contribution < -0.4 is 10.1 Å². The Labute approximate surface area is 112 Å². The predicted molar refractivity (Wildman–Crippen MR) is 78.5 cm³/mol. The maximum atomic E-state index is 5.53. The highest BCUT2D eigenvalue weighted by Crippen LogP contribution is 2.33. The molecule has 2 unspecified atom stereocenters. The Morgan fingerprint density at radius 2 is 2.00 bits per heavy atom. The lowest BCUT2D eigenvalue weighted by Gasteiger charge is -2.26. The smallest absolute Gasteiger partial charge is 0.122 e. The number of nitrogens with one attached hydrogen (secondary N) is 1. The Kier molecular flexibility index (Phi) is 6.20. The molecule has 0 aromatic heterocycles. The summed E-state index contributed by atoms with van der Waals surface area (Å²) in [6.07, 6.45) is 1.19. The van der Waals surface area contributed by atoms with Crippen LogP contribution in [0.15, 0.2) is 18.2 Å². The van der Waals surface area contributed by atoms with E-state index >= 15 is 0 Å². The molecule has 1 aromatic rings. The third-order valence-corrected chi connectivity index (χ3v) is 3.73. The molecule has 0 aliphatic rings. The Morgan fingerprint density at radius 3 is 2.56 bits per heavy atom. The molecule has 0 aliphatic heterocycles. The van der Waals surface area contributed by atoms with Crippen LogP contribution in [-0.4, -0.2) is 20.2 Å². The molecule has 0 aliphatic carbocycles. The highest BCUT2D eigenvalue weighted by Gasteiger charge is 2.21. The summed E-state index contributed by atoms with van der Waals surface area (Å²) in [6, 6.07) is 6.47. The Hall–Kier alpha value is -1.02. The van der Waals surface area contributed by atoms with Crippen LogP contribution >= 0.6 is 0 Å². The van der Waals surface area contributed by atoms with Gasteiger partial charge in [-0.15, -0.1) is 0 Å². The normalized spacial score (nSPS) is 14.3. The van der Waals surface area contributed by atoms with Crippen molar-refractivity contribution in [3.63, 3.8) is 0 Å². The van der Waals surface area contributed by atoms with Crippen molar-refractivity contribution in [1.82, 2.24) is 5.32 Å². The molecule has 2 atom stereocenters. The Morgan fingerprint density at radius 1 is 1.28 bits per heavy atom. The number of aryl methyl sites for hydroxylation is 1. The van der Waals surface area contributed by atoms with Crippen molar-refractivity contribution in [2.45, 2.75) is 40.0 Å². The fourth-order valence-corrected chi connectivity index (χ4v) is 2.35. The molecule has 2 heteroatoms. The zero-order valence-corrected chi connectivity index (χ0v) is 12.4. The molecule has 2 nitrogen and oxygen atoms in total. The SMILES string of the molecule is CCNCC(c1cc(C)ccc1OC)C(C)CC. The summed E-state index contributed by atoms with van der Waals surface area (Å²) in [5.74, 6) is 2.19. The van der Waals surface area contributed by atoms with Crippen molar-refractivity contribution in [2.75, 3.05) is 20.2 Å². The van der Waals surface area contributed by atoms with E-state index in [1.165, 1.54) is 17.5 Å². The molecule has 0 bridgehead atoms. The summed E-state index contributed by atoms with van der Waals surface area (Å²) in [5.41, 5.74) is 2.64. The molecular formula is C16H27NO. The average Bonchev–Trinajstić information content (AvgIpc) is 2.39. The second kappa shape index (κ2) is 7.42. The maximum absolute atomic E-state index is 5.53. The molecule has 0 fully saturated rings. The van der Waals surface area contributed by atoms with Crippen LogP contribution in [0.25, 0.3) is 0 Å². The number of rotatable bonds is 7. The van der Waals surface area contributed by atoms with Gasteiger partial charge in [0.25, 0.3) is 0 Å². The fourth-order valence-electron chi connectivity index (χ4n) is 2.35. The van der Waals surface area contributed by atoms with Gasteiger partial charge in [-0.25, -0.2) is 0 Å². The monoisotopic (exact) mass is 249 g/mol. The Balaban J connectivity index is 3.05. The van der Waals surface area contributed by atoms with Crippen molar-refractivity contribution in [3.8, 4) is 5.75 Å². The van der Waals surface area contributed by atoms with E-state index in [0.29, 0.717) is 11.8 Å². The first-order valence-corrected chi connectivity index (χ1v) is 6.99. The van der Waals surface area contributed by atoms with Gasteiger partial charge in [-0.2, -0.15) is 0 Å². The molecular weight excluding hydrogens is 222 g/mol. The topological polar surface area (TPSA) is 21.3 Å². The standard InChI is InChI=1S/C16H27NO/c1-6-13(4)15(11-17-7-2)14-10-12(3)8-9-16(14)18-5/h8-10,13,15,17H,6-7,11H2,1-5H3. The molecule has 102 valence electrons. The van der Waals surface area contributed by atoms with E-state index in [-0.39, 0.29) is 0 Å². The molecule has 1 N–H and O–H groups in total. The number of ether oxygens (including phenoxy) is 1. The first-order valence-electron chi connectivity index (χ1n) is 6.99. The van der Waals surface area contributed by atoms with E-state index in [1.54, 1.807) is 7.11 Å². The van der Waals surface area contributed by atoms with Gasteiger partial charge < -0.3 is 10.1 Å². The number of hydrogen-bond acceptors (Lipinski definition) is 2. The molecule has 0 heterocycles. The third-order valence-electron chi connectivity index (χ3n) is 3.73. The predicted octanol–water partition coefficient (Wildman–Crippen LogP) is 3.74. The maximum Gasteiger partial charge on any atom is 0.122 e. The van der Waals surface area contributed by atoms with Crippen LogP contribution in [-0.2, 0) is 0 Å². The van der Waals surface area contributed by atoms with Crippen LogP contribution in [0.3, 0.4) is 0 Å². The minimum Gasteiger partial charge on any atom is -0.496 e. The Bertz CT molecular complexity index is 362. The highest BCUT2D eigenvalue weighted by molar-refractivity contribution is 5.40. The molecule has 1 aromatic carbocycles. The second-order valence-electron chi connectivity index (χ2n) is 5.05. The number of likely N-dealkylation sites (N-methyl/N-ethyl adjacent to an activating group) is 1. The van der Waals surface area contributed by atoms with Crippen molar-refractivity contribution in [1.29, 1.82) is 0 Å². The van der Waals surface area contributed by atoms with E-state index in [4.69, 9.17) is 4.74 Å². The van der Waals surface area contributed by atoms with Crippen LogP contribution in [0.2, 0.25) is 0 Å². The van der Waals surface area contributed by atoms with Crippen LogP contribution in [0.5, 0.6) is 5.75 Å². The summed E-state index contributed by atoms with van der Waals surface area (Å²) in [6.45, 7) is 10.9. The van der Waals surface area contributed by atoms with E-state index < -0.39 is 0 Å². The molecule has 0 radical (unpaired) electrons. The van der Waals surface area contributed by atoms with Gasteiger partial charge in [-0.3, -0.25) is 0 Å². The minimum atomic E-state index is 0.518. The van der Waals surface area contributed by atoms with Gasteiger partial charge in [0.2, 0.25) is 0 Å². The number of methoxy groups -OCH3 is 1. The first-order chi connectivity index (χ1) is 8.63. The van der Waals surface area contributed by atoms with Gasteiger partial charge in [0, 0.05) is 12.5 Å². The zero-order chi connectivity index (χ0) is 13.5. The lowest BCUT2D eigenvalue weighted by atomic mass is 9.84. The van der Waals surface area contributed by atoms with Crippen LogP contribution in [0.4, 0.5) is 0 Å². The minimum absolute atomic E-state index is 0.518. The molecule has 18 heavy (non-hydrogen) atoms. The van der Waals surface area contributed by atoms with E-state index in [0.717, 1.165) is 18.8 Å². The van der Waals surface area contributed by atoms with E-state index in [9.17, 15) is 0 Å². The number of benzene rings is 1. The lowest BCUT2D eigenvalue weighted by Crippen LogP contribution is -2.25. The number of hydrogen-bond donors (Lipinski definition) is 1. The van der Waals surface area contributed by atoms with Crippen LogP contribution in [0.1, 0.15) is 44.2 Å². The van der Waals surface area contributed by atoms with Gasteiger partial charge in [0.05, 0.1) is 7.11 Å². The molecule has 0 saturated carbocycles. The van der Waals surface area contributed by atoms with Crippen molar-refractivity contribution in [2.24, 2.45) is 5.92 Å². The largest absolute Gasteiger partial charge is 0.496 e. The summed E-state index contributed by atoms with van der Waals surface area (Å²) < 4.78 is 5.53. The van der Waals surface area contributed by atoms with Crippen LogP contribution in [0, 0.1) is 12.8 Å². The first kappa shape index (κ1) is 15.0. The van der Waals surface area contributed by atoms with Gasteiger partial charge >= 0.3 is 0 Å². The van der Waals surface area contributed by atoms with E-state index in [1.807, 2.05) is 0 Å². The van der Waals surface area contributed by atoms with Gasteiger partial charge in [0.1, 0.15) is 5.75 Å². The summed E-state index contributed by atoms with van der Waals surface area (Å²) in [4.78, 5) is 0. The zero-order valence-electron chi connectivity index (χ0n) is 12.4. The van der Waals surface area contributed by atoms with Gasteiger partial charge in [0.15, 0.2) is 0 Å². The molecule has 0 amide bonds. The van der Waals surface area contributed by atoms with E-state index in [2.05, 4.69) is 51.2 Å². The third kappa shape index (κ3) is 3.74. The van der Waals surface area contributed by atoms with Gasteiger partial charge in [-0.05, 0) is 31.0 Å². The summed E-state index contributed by atoms with van der Waals surface area (Å²) in [5, 5.41) is 3.48. The lowest BCUT2D eigenvalue weighted by molar-refractivity contribution is 0.378. The molecule has 0 saturated heterocycles. The fraction of sp³-hybridized carbons (Fsp3) is 0.625. The summed E-state index contributed by atoms with van der Waals surface area (Å²) >= 11 is 0. The van der Waals surface area contributed by atoms with Crippen molar-refractivity contribution in [3.05, 3.63) is 29.3 Å². The van der Waals surface area contributed by atoms with Gasteiger partial charge in [-0.1, -0.05) is 44.9 Å². The van der Waals surface area contributed by atoms with Crippen molar-refractivity contribution < 1.29 is 4.74 Å². The second-order valence-corrected chi connectivity index (χ2v) is 5.05. The molecule has 1 rings (SSSR count). The average molecular weight is 249 g/mol.